The maximum absolute atomic E-state index is 10.9. The first-order valence-electron chi connectivity index (χ1n) is 4.56. The molecule has 0 radical (unpaired) electrons. The van der Waals surface area contributed by atoms with E-state index < -0.39 is 5.97 Å². The molecule has 1 N–H and O–H groups in total. The first kappa shape index (κ1) is 11.2. The number of rotatable bonds is 3. The summed E-state index contributed by atoms with van der Waals surface area (Å²) in [7, 11) is 0. The van der Waals surface area contributed by atoms with Crippen LogP contribution in [0.3, 0.4) is 0 Å². The van der Waals surface area contributed by atoms with Crippen molar-refractivity contribution in [2.24, 2.45) is 0 Å². The zero-order valence-electron chi connectivity index (χ0n) is 8.66. The SMILES string of the molecule is CC(=O)Nc1cccc(CC(=O)[O-])c1C. The van der Waals surface area contributed by atoms with Crippen LogP contribution in [0.25, 0.3) is 0 Å². The molecule has 0 aliphatic rings. The van der Waals surface area contributed by atoms with Crippen LogP contribution < -0.4 is 10.4 Å². The van der Waals surface area contributed by atoms with Gasteiger partial charge in [-0.25, -0.2) is 0 Å². The van der Waals surface area contributed by atoms with Gasteiger partial charge in [0.15, 0.2) is 0 Å². The molecule has 0 bridgehead atoms. The van der Waals surface area contributed by atoms with Crippen molar-refractivity contribution in [3.8, 4) is 0 Å². The van der Waals surface area contributed by atoms with Crippen molar-refractivity contribution >= 4 is 17.6 Å². The van der Waals surface area contributed by atoms with E-state index >= 15 is 0 Å². The van der Waals surface area contributed by atoms with Gasteiger partial charge in [-0.1, -0.05) is 12.1 Å². The van der Waals surface area contributed by atoms with Crippen LogP contribution in [0.15, 0.2) is 18.2 Å². The van der Waals surface area contributed by atoms with Gasteiger partial charge in [0.2, 0.25) is 5.91 Å². The van der Waals surface area contributed by atoms with Crippen molar-refractivity contribution in [1.82, 2.24) is 0 Å². The van der Waals surface area contributed by atoms with Gasteiger partial charge in [0, 0.05) is 25.0 Å². The number of carboxylic acids is 1. The van der Waals surface area contributed by atoms with Crippen LogP contribution in [0.1, 0.15) is 18.1 Å². The van der Waals surface area contributed by atoms with Gasteiger partial charge in [-0.2, -0.15) is 0 Å². The summed E-state index contributed by atoms with van der Waals surface area (Å²) < 4.78 is 0. The zero-order valence-corrected chi connectivity index (χ0v) is 8.66. The maximum Gasteiger partial charge on any atom is 0.221 e. The molecular formula is C11H12NO3-. The lowest BCUT2D eigenvalue weighted by atomic mass is 10.0. The lowest BCUT2D eigenvalue weighted by Gasteiger charge is -2.11. The van der Waals surface area contributed by atoms with E-state index in [4.69, 9.17) is 0 Å². The second-order valence-electron chi connectivity index (χ2n) is 3.32. The van der Waals surface area contributed by atoms with Crippen molar-refractivity contribution < 1.29 is 14.7 Å². The minimum Gasteiger partial charge on any atom is -0.550 e. The first-order chi connectivity index (χ1) is 7.00. The Morgan fingerprint density at radius 1 is 1.40 bits per heavy atom. The molecule has 0 aliphatic heterocycles. The number of carboxylic acid groups (broad SMARTS) is 1. The highest BCUT2D eigenvalue weighted by atomic mass is 16.4. The maximum atomic E-state index is 10.9. The zero-order chi connectivity index (χ0) is 11.4. The molecular weight excluding hydrogens is 194 g/mol. The lowest BCUT2D eigenvalue weighted by molar-refractivity contribution is -0.304. The Morgan fingerprint density at radius 3 is 2.60 bits per heavy atom. The van der Waals surface area contributed by atoms with Gasteiger partial charge in [0.05, 0.1) is 0 Å². The smallest absolute Gasteiger partial charge is 0.221 e. The molecule has 0 saturated carbocycles. The van der Waals surface area contributed by atoms with Crippen molar-refractivity contribution in [3.63, 3.8) is 0 Å². The molecule has 1 aromatic carbocycles. The van der Waals surface area contributed by atoms with Gasteiger partial charge in [0.25, 0.3) is 0 Å². The average Bonchev–Trinajstić information content (AvgIpc) is 2.10. The molecule has 0 saturated heterocycles. The Morgan fingerprint density at radius 2 is 2.07 bits per heavy atom. The number of carbonyl (C=O) groups excluding carboxylic acids is 2. The normalized spacial score (nSPS) is 9.73. The topological polar surface area (TPSA) is 69.2 Å². The fraction of sp³-hybridized carbons (Fsp3) is 0.273. The third-order valence-corrected chi connectivity index (χ3v) is 2.09. The molecule has 15 heavy (non-hydrogen) atoms. The third-order valence-electron chi connectivity index (χ3n) is 2.09. The third kappa shape index (κ3) is 3.09. The van der Waals surface area contributed by atoms with Crippen LogP contribution in [-0.2, 0) is 16.0 Å². The predicted octanol–water partition coefficient (Wildman–Crippen LogP) is 0.246. The Kier molecular flexibility index (Phi) is 3.44. The predicted molar refractivity (Wildman–Crippen MR) is 54.2 cm³/mol. The Balaban J connectivity index is 2.99. The van der Waals surface area contributed by atoms with Gasteiger partial charge in [0.1, 0.15) is 0 Å². The summed E-state index contributed by atoms with van der Waals surface area (Å²) in [6, 6.07) is 5.14. The molecule has 0 aromatic heterocycles. The van der Waals surface area contributed by atoms with Crippen molar-refractivity contribution in [1.29, 1.82) is 0 Å². The highest BCUT2D eigenvalue weighted by molar-refractivity contribution is 5.89. The summed E-state index contributed by atoms with van der Waals surface area (Å²) in [6.45, 7) is 3.18. The van der Waals surface area contributed by atoms with Gasteiger partial charge in [-0.05, 0) is 24.1 Å². The molecule has 80 valence electrons. The molecule has 0 unspecified atom stereocenters. The van der Waals surface area contributed by atoms with E-state index in [1.54, 1.807) is 25.1 Å². The van der Waals surface area contributed by atoms with Crippen LogP contribution in [-0.4, -0.2) is 11.9 Å². The Bertz CT molecular complexity index is 365. The molecule has 1 aromatic rings. The standard InChI is InChI=1S/C11H13NO3/c1-7-9(6-11(14)15)4-3-5-10(7)12-8(2)13/h3-5H,6H2,1-2H3,(H,12,13)(H,14,15)/p-1. The van der Waals surface area contributed by atoms with E-state index in [0.29, 0.717) is 11.3 Å². The van der Waals surface area contributed by atoms with Crippen molar-refractivity contribution in [3.05, 3.63) is 29.3 Å². The molecule has 1 rings (SSSR count). The van der Waals surface area contributed by atoms with Crippen LogP contribution in [0.4, 0.5) is 5.69 Å². The second-order valence-corrected chi connectivity index (χ2v) is 3.32. The summed E-state index contributed by atoms with van der Waals surface area (Å²) >= 11 is 0. The highest BCUT2D eigenvalue weighted by Gasteiger charge is 2.04. The van der Waals surface area contributed by atoms with E-state index in [9.17, 15) is 14.7 Å². The molecule has 0 atom stereocenters. The van der Waals surface area contributed by atoms with Crippen LogP contribution in [0, 0.1) is 6.92 Å². The van der Waals surface area contributed by atoms with Gasteiger partial charge in [-0.15, -0.1) is 0 Å². The van der Waals surface area contributed by atoms with Crippen molar-refractivity contribution in [2.75, 3.05) is 5.32 Å². The van der Waals surface area contributed by atoms with Crippen LogP contribution in [0.2, 0.25) is 0 Å². The highest BCUT2D eigenvalue weighted by Crippen LogP contribution is 2.19. The summed E-state index contributed by atoms with van der Waals surface area (Å²) in [5.41, 5.74) is 2.06. The van der Waals surface area contributed by atoms with Crippen LogP contribution >= 0.6 is 0 Å². The van der Waals surface area contributed by atoms with E-state index in [1.807, 2.05) is 0 Å². The summed E-state index contributed by atoms with van der Waals surface area (Å²) in [4.78, 5) is 21.3. The fourth-order valence-corrected chi connectivity index (χ4v) is 1.36. The first-order valence-corrected chi connectivity index (χ1v) is 4.56. The van der Waals surface area contributed by atoms with E-state index in [2.05, 4.69) is 5.32 Å². The molecule has 4 nitrogen and oxygen atoms in total. The monoisotopic (exact) mass is 206 g/mol. The molecule has 0 heterocycles. The summed E-state index contributed by atoms with van der Waals surface area (Å²) in [5.74, 6) is -1.30. The van der Waals surface area contributed by atoms with Gasteiger partial charge < -0.3 is 15.2 Å². The molecule has 0 fully saturated rings. The van der Waals surface area contributed by atoms with E-state index in [-0.39, 0.29) is 12.3 Å². The number of hydrogen-bond donors (Lipinski definition) is 1. The number of carbonyl (C=O) groups is 2. The van der Waals surface area contributed by atoms with E-state index in [1.165, 1.54) is 6.92 Å². The van der Waals surface area contributed by atoms with E-state index in [0.717, 1.165) is 5.56 Å². The minimum absolute atomic E-state index is 0.140. The van der Waals surface area contributed by atoms with Crippen LogP contribution in [0.5, 0.6) is 0 Å². The van der Waals surface area contributed by atoms with Gasteiger partial charge in [-0.3, -0.25) is 4.79 Å². The number of anilines is 1. The summed E-state index contributed by atoms with van der Waals surface area (Å²) in [5, 5.41) is 13.1. The van der Waals surface area contributed by atoms with Crippen molar-refractivity contribution in [2.45, 2.75) is 20.3 Å². The quantitative estimate of drug-likeness (QED) is 0.770. The number of benzene rings is 1. The fourth-order valence-electron chi connectivity index (χ4n) is 1.36. The number of aliphatic carboxylic acids is 1. The molecule has 4 heteroatoms. The number of hydrogen-bond acceptors (Lipinski definition) is 3. The number of amides is 1. The van der Waals surface area contributed by atoms with Gasteiger partial charge >= 0.3 is 0 Å². The Labute approximate surface area is 87.9 Å². The molecule has 1 amide bonds. The average molecular weight is 206 g/mol. The molecule has 0 aliphatic carbocycles. The largest absolute Gasteiger partial charge is 0.550 e. The minimum atomic E-state index is -1.13. The Hall–Kier alpha value is -1.84. The molecule has 0 spiro atoms. The summed E-state index contributed by atoms with van der Waals surface area (Å²) in [6.07, 6.45) is -0.140. The lowest BCUT2D eigenvalue weighted by Crippen LogP contribution is -2.24. The second kappa shape index (κ2) is 4.59. The number of nitrogens with one attached hydrogen (secondary N) is 1.